The Hall–Kier alpha value is 0.460. The number of hydrogen-bond acceptors (Lipinski definition) is 3. The number of rotatable bonds is 1. The summed E-state index contributed by atoms with van der Waals surface area (Å²) >= 11 is 0. The molecule has 0 heterocycles. The third kappa shape index (κ3) is 6.46. The third-order valence-corrected chi connectivity index (χ3v) is 2.86. The van der Waals surface area contributed by atoms with Gasteiger partial charge in [0, 0.05) is 14.9 Å². The van der Waals surface area contributed by atoms with Crippen molar-refractivity contribution in [2.45, 2.75) is 25.5 Å². The molecular weight excluding hydrogens is 144 g/mol. The minimum atomic E-state index is -1.97. The van der Waals surface area contributed by atoms with Crippen LogP contribution in [0.1, 0.15) is 20.8 Å². The summed E-state index contributed by atoms with van der Waals surface area (Å²) < 4.78 is 19.8. The average Bonchev–Trinajstić information content (AvgIpc) is 1.21. The molecule has 0 aromatic rings. The van der Waals surface area contributed by atoms with Gasteiger partial charge in [0.1, 0.15) is 0 Å². The first-order valence-corrected chi connectivity index (χ1v) is 4.61. The Kier molecular flexibility index (Phi) is 3.01. The molecule has 0 aromatic heterocycles. The van der Waals surface area contributed by atoms with Crippen LogP contribution in [0.5, 0.6) is 0 Å². The average molecular weight is 153 g/mol. The predicted octanol–water partition coefficient (Wildman–Crippen LogP) is 1.31. The molecule has 0 aromatic carbocycles. The van der Waals surface area contributed by atoms with Gasteiger partial charge in [-0.2, -0.15) is 0 Å². The molecule has 0 saturated heterocycles. The van der Waals surface area contributed by atoms with Crippen LogP contribution in [0.15, 0.2) is 0 Å². The fraction of sp³-hybridized carbons (Fsp3) is 1.00. The van der Waals surface area contributed by atoms with E-state index in [4.69, 9.17) is 0 Å². The molecule has 0 N–H and O–H groups in total. The molecule has 1 unspecified atom stereocenters. The van der Waals surface area contributed by atoms with E-state index in [2.05, 4.69) is 0 Å². The predicted molar refractivity (Wildman–Crippen MR) is 36.3 cm³/mol. The van der Waals surface area contributed by atoms with E-state index in [1.807, 2.05) is 20.8 Å². The minimum Gasteiger partial charge on any atom is -0.764 e. The van der Waals surface area contributed by atoms with Gasteiger partial charge in [0.05, 0.1) is 0 Å². The lowest BCUT2D eigenvalue weighted by Crippen LogP contribution is -2.08. The number of hydrogen-bond donors (Lipinski definition) is 0. The highest BCUT2D eigenvalue weighted by Gasteiger charge is 2.09. The molecule has 0 spiro atoms. The van der Waals surface area contributed by atoms with Crippen LogP contribution in [0, 0.1) is 0 Å². The Morgan fingerprint density at radius 2 is 1.88 bits per heavy atom. The van der Waals surface area contributed by atoms with Crippen LogP contribution in [-0.2, 0) is 10.1 Å². The second-order valence-electron chi connectivity index (χ2n) is 2.40. The van der Waals surface area contributed by atoms with Gasteiger partial charge in [-0.15, -0.1) is 0 Å². The van der Waals surface area contributed by atoms with Gasteiger partial charge in [-0.3, -0.25) is 4.21 Å². The van der Waals surface area contributed by atoms with E-state index in [9.17, 15) is 8.76 Å². The van der Waals surface area contributed by atoms with Crippen molar-refractivity contribution >= 4 is 20.9 Å². The molecule has 0 radical (unpaired) electrons. The van der Waals surface area contributed by atoms with Crippen LogP contribution in [0.2, 0.25) is 0 Å². The van der Waals surface area contributed by atoms with Crippen LogP contribution in [0.3, 0.4) is 0 Å². The second-order valence-corrected chi connectivity index (χ2v) is 5.52. The van der Waals surface area contributed by atoms with E-state index in [-0.39, 0.29) is 4.75 Å². The zero-order chi connectivity index (χ0) is 6.78. The van der Waals surface area contributed by atoms with E-state index >= 15 is 0 Å². The monoisotopic (exact) mass is 153 g/mol. The summed E-state index contributed by atoms with van der Waals surface area (Å²) in [5.74, 6) is 0. The van der Waals surface area contributed by atoms with Crippen LogP contribution in [-0.4, -0.2) is 13.5 Å². The van der Waals surface area contributed by atoms with Crippen molar-refractivity contribution in [1.82, 2.24) is 0 Å². The molecule has 0 rings (SSSR count). The summed E-state index contributed by atoms with van der Waals surface area (Å²) in [6, 6.07) is 0. The Labute approximate surface area is 55.7 Å². The van der Waals surface area contributed by atoms with Crippen LogP contribution in [0.25, 0.3) is 0 Å². The van der Waals surface area contributed by atoms with E-state index < -0.39 is 10.1 Å². The molecule has 0 saturated carbocycles. The van der Waals surface area contributed by atoms with E-state index in [1.165, 1.54) is 0 Å². The largest absolute Gasteiger partial charge is 0.764 e. The van der Waals surface area contributed by atoms with Gasteiger partial charge in [-0.1, -0.05) is 31.6 Å². The van der Waals surface area contributed by atoms with E-state index in [1.54, 1.807) is 0 Å². The van der Waals surface area contributed by atoms with Crippen LogP contribution in [0.4, 0.5) is 0 Å². The minimum absolute atomic E-state index is 0.174. The van der Waals surface area contributed by atoms with Crippen molar-refractivity contribution < 1.29 is 8.76 Å². The maximum Gasteiger partial charge on any atom is 0.0192 e. The highest BCUT2D eigenvalue weighted by molar-refractivity contribution is 8.67. The van der Waals surface area contributed by atoms with Crippen molar-refractivity contribution in [1.29, 1.82) is 0 Å². The fourth-order valence-electron chi connectivity index (χ4n) is 0.204. The SMILES string of the molecule is CC(C)(C)SS(=O)[O-]. The molecular formula is C4H9O2S2-. The van der Waals surface area contributed by atoms with Gasteiger partial charge in [-0.05, 0) is 0 Å². The zero-order valence-electron chi connectivity index (χ0n) is 5.13. The maximum absolute atomic E-state index is 9.98. The topological polar surface area (TPSA) is 40.1 Å². The molecule has 0 fully saturated rings. The molecule has 8 heavy (non-hydrogen) atoms. The van der Waals surface area contributed by atoms with Gasteiger partial charge in [0.2, 0.25) is 0 Å². The summed E-state index contributed by atoms with van der Waals surface area (Å²) in [7, 11) is -1.04. The van der Waals surface area contributed by atoms with Crippen molar-refractivity contribution in [2.75, 3.05) is 0 Å². The smallest absolute Gasteiger partial charge is 0.0192 e. The molecule has 0 aliphatic carbocycles. The molecule has 0 aliphatic heterocycles. The molecule has 50 valence electrons. The van der Waals surface area contributed by atoms with Crippen molar-refractivity contribution in [3.63, 3.8) is 0 Å². The van der Waals surface area contributed by atoms with Crippen LogP contribution >= 0.6 is 10.8 Å². The lowest BCUT2D eigenvalue weighted by atomic mass is 10.3. The summed E-state index contributed by atoms with van der Waals surface area (Å²) in [6.45, 7) is 5.56. The quantitative estimate of drug-likeness (QED) is 0.421. The lowest BCUT2D eigenvalue weighted by molar-refractivity contribution is 0.552. The Balaban J connectivity index is 3.55. The highest BCUT2D eigenvalue weighted by atomic mass is 33.1. The van der Waals surface area contributed by atoms with Gasteiger partial charge in [-0.25, -0.2) is 0 Å². The molecule has 0 amide bonds. The lowest BCUT2D eigenvalue weighted by Gasteiger charge is -2.17. The van der Waals surface area contributed by atoms with E-state index in [0.717, 1.165) is 10.8 Å². The Morgan fingerprint density at radius 1 is 1.50 bits per heavy atom. The summed E-state index contributed by atoms with van der Waals surface area (Å²) in [5, 5.41) is 0. The summed E-state index contributed by atoms with van der Waals surface area (Å²) in [5.41, 5.74) is 0. The van der Waals surface area contributed by atoms with Crippen molar-refractivity contribution in [2.24, 2.45) is 0 Å². The van der Waals surface area contributed by atoms with Gasteiger partial charge < -0.3 is 4.55 Å². The molecule has 0 bridgehead atoms. The molecule has 1 atom stereocenters. The van der Waals surface area contributed by atoms with Crippen LogP contribution < -0.4 is 0 Å². The van der Waals surface area contributed by atoms with Crippen molar-refractivity contribution in [3.05, 3.63) is 0 Å². The summed E-state index contributed by atoms with van der Waals surface area (Å²) in [4.78, 5) is 0. The molecule has 4 heteroatoms. The standard InChI is InChI=1S/C4H10O2S2/c1-4(2,3)7-8(5)6/h1-3H3,(H,5,6)/p-1. The van der Waals surface area contributed by atoms with E-state index in [0.29, 0.717) is 0 Å². The Bertz CT molecular complexity index is 94.7. The first kappa shape index (κ1) is 8.46. The first-order chi connectivity index (χ1) is 3.42. The van der Waals surface area contributed by atoms with Gasteiger partial charge in [0.15, 0.2) is 0 Å². The van der Waals surface area contributed by atoms with Gasteiger partial charge >= 0.3 is 0 Å². The first-order valence-electron chi connectivity index (χ1n) is 2.20. The molecule has 0 aliphatic rings. The highest BCUT2D eigenvalue weighted by Crippen LogP contribution is 2.24. The molecule has 2 nitrogen and oxygen atoms in total. The fourth-order valence-corrected chi connectivity index (χ4v) is 1.84. The second kappa shape index (κ2) is 2.85. The normalized spacial score (nSPS) is 16.0. The van der Waals surface area contributed by atoms with Crippen molar-refractivity contribution in [3.8, 4) is 0 Å². The maximum atomic E-state index is 9.98. The van der Waals surface area contributed by atoms with Gasteiger partial charge in [0.25, 0.3) is 0 Å². The third-order valence-electron chi connectivity index (χ3n) is 0.318. The zero-order valence-corrected chi connectivity index (χ0v) is 6.77. The summed E-state index contributed by atoms with van der Waals surface area (Å²) in [6.07, 6.45) is 0. The Morgan fingerprint density at radius 3 is 1.88 bits per heavy atom.